The van der Waals surface area contributed by atoms with Gasteiger partial charge in [-0.2, -0.15) is 18.4 Å². The van der Waals surface area contributed by atoms with E-state index in [-0.39, 0.29) is 5.69 Å². The van der Waals surface area contributed by atoms with Crippen LogP contribution in [-0.2, 0) is 6.18 Å². The maximum atomic E-state index is 12.3. The number of methoxy groups -OCH3 is 1. The number of hydrogen-bond acceptors (Lipinski definition) is 3. The van der Waals surface area contributed by atoms with Crippen molar-refractivity contribution in [3.05, 3.63) is 23.5 Å². The quantitative estimate of drug-likeness (QED) is 0.699. The standard InChI is InChI=1S/C8H5F3N2O/c1-14-6-3-2-5(4-12)13-7(6)8(9,10)11/h2-3H,1H3. The molecule has 0 N–H and O–H groups in total. The topological polar surface area (TPSA) is 45.9 Å². The van der Waals surface area contributed by atoms with Gasteiger partial charge in [-0.15, -0.1) is 0 Å². The van der Waals surface area contributed by atoms with Gasteiger partial charge in [0.1, 0.15) is 17.5 Å². The van der Waals surface area contributed by atoms with Crippen LogP contribution in [0.2, 0.25) is 0 Å². The van der Waals surface area contributed by atoms with Crippen molar-refractivity contribution in [3.8, 4) is 11.8 Å². The van der Waals surface area contributed by atoms with Gasteiger partial charge in [0.25, 0.3) is 0 Å². The minimum absolute atomic E-state index is 0.293. The number of ether oxygens (including phenoxy) is 1. The van der Waals surface area contributed by atoms with Crippen molar-refractivity contribution < 1.29 is 17.9 Å². The van der Waals surface area contributed by atoms with Gasteiger partial charge in [0.05, 0.1) is 7.11 Å². The zero-order valence-corrected chi connectivity index (χ0v) is 7.09. The van der Waals surface area contributed by atoms with Crippen LogP contribution >= 0.6 is 0 Å². The molecule has 0 aromatic carbocycles. The normalized spacial score (nSPS) is 10.8. The smallest absolute Gasteiger partial charge is 0.437 e. The Morgan fingerprint density at radius 1 is 1.43 bits per heavy atom. The number of hydrogen-bond donors (Lipinski definition) is 0. The molecule has 0 aliphatic rings. The van der Waals surface area contributed by atoms with E-state index in [1.807, 2.05) is 0 Å². The number of nitrogens with zero attached hydrogens (tertiary/aromatic N) is 2. The maximum absolute atomic E-state index is 12.3. The highest BCUT2D eigenvalue weighted by atomic mass is 19.4. The average Bonchev–Trinajstić information content (AvgIpc) is 2.15. The Labute approximate surface area is 77.7 Å². The van der Waals surface area contributed by atoms with Gasteiger partial charge in [-0.3, -0.25) is 0 Å². The Morgan fingerprint density at radius 2 is 2.07 bits per heavy atom. The minimum atomic E-state index is -4.61. The lowest BCUT2D eigenvalue weighted by Crippen LogP contribution is -2.11. The molecule has 1 aromatic heterocycles. The van der Waals surface area contributed by atoms with Crippen LogP contribution in [-0.4, -0.2) is 12.1 Å². The Hall–Kier alpha value is -1.77. The number of alkyl halides is 3. The van der Waals surface area contributed by atoms with E-state index in [1.54, 1.807) is 0 Å². The molecule has 1 aromatic rings. The summed E-state index contributed by atoms with van der Waals surface area (Å²) in [5.74, 6) is -0.392. The number of pyridine rings is 1. The molecule has 6 heteroatoms. The van der Waals surface area contributed by atoms with Crippen molar-refractivity contribution in [1.29, 1.82) is 5.26 Å². The predicted octanol–water partition coefficient (Wildman–Crippen LogP) is 1.98. The molecule has 0 spiro atoms. The van der Waals surface area contributed by atoms with Crippen LogP contribution in [0.5, 0.6) is 5.75 Å². The van der Waals surface area contributed by atoms with Crippen molar-refractivity contribution >= 4 is 0 Å². The third-order valence-electron chi connectivity index (χ3n) is 1.46. The van der Waals surface area contributed by atoms with Gasteiger partial charge in [-0.25, -0.2) is 4.98 Å². The van der Waals surface area contributed by atoms with Gasteiger partial charge >= 0.3 is 6.18 Å². The third kappa shape index (κ3) is 1.93. The van der Waals surface area contributed by atoms with Gasteiger partial charge in [0.15, 0.2) is 5.69 Å². The maximum Gasteiger partial charge on any atom is 0.437 e. The Bertz CT molecular complexity index is 381. The molecule has 0 atom stereocenters. The van der Waals surface area contributed by atoms with E-state index in [2.05, 4.69) is 9.72 Å². The van der Waals surface area contributed by atoms with E-state index in [4.69, 9.17) is 5.26 Å². The summed E-state index contributed by atoms with van der Waals surface area (Å²) in [6, 6.07) is 3.75. The Kier molecular flexibility index (Phi) is 2.60. The van der Waals surface area contributed by atoms with E-state index in [0.717, 1.165) is 19.2 Å². The van der Waals surface area contributed by atoms with Crippen molar-refractivity contribution in [3.63, 3.8) is 0 Å². The minimum Gasteiger partial charge on any atom is -0.494 e. The SMILES string of the molecule is COc1ccc(C#N)nc1C(F)(F)F. The second-order valence-corrected chi connectivity index (χ2v) is 2.36. The summed E-state index contributed by atoms with van der Waals surface area (Å²) < 4.78 is 41.4. The summed E-state index contributed by atoms with van der Waals surface area (Å²) in [4.78, 5) is 3.12. The monoisotopic (exact) mass is 202 g/mol. The molecule has 74 valence electrons. The average molecular weight is 202 g/mol. The fourth-order valence-corrected chi connectivity index (χ4v) is 0.876. The number of rotatable bonds is 1. The fourth-order valence-electron chi connectivity index (χ4n) is 0.876. The van der Waals surface area contributed by atoms with Crippen molar-refractivity contribution in [1.82, 2.24) is 4.98 Å². The van der Waals surface area contributed by atoms with Crippen LogP contribution in [0.15, 0.2) is 12.1 Å². The molecule has 0 saturated carbocycles. The van der Waals surface area contributed by atoms with Gasteiger partial charge < -0.3 is 4.74 Å². The zero-order valence-electron chi connectivity index (χ0n) is 7.09. The van der Waals surface area contributed by atoms with Gasteiger partial charge in [-0.1, -0.05) is 0 Å². The fraction of sp³-hybridized carbons (Fsp3) is 0.250. The third-order valence-corrected chi connectivity index (χ3v) is 1.46. The highest BCUT2D eigenvalue weighted by Gasteiger charge is 2.36. The van der Waals surface area contributed by atoms with Crippen molar-refractivity contribution in [2.24, 2.45) is 0 Å². The van der Waals surface area contributed by atoms with Crippen LogP contribution in [0.3, 0.4) is 0 Å². The molecular weight excluding hydrogens is 197 g/mol. The number of nitriles is 1. The van der Waals surface area contributed by atoms with Crippen LogP contribution in [0.25, 0.3) is 0 Å². The predicted molar refractivity (Wildman–Crippen MR) is 40.5 cm³/mol. The zero-order chi connectivity index (χ0) is 10.8. The lowest BCUT2D eigenvalue weighted by Gasteiger charge is -2.09. The molecular formula is C8H5F3N2O. The lowest BCUT2D eigenvalue weighted by atomic mass is 10.3. The molecule has 0 radical (unpaired) electrons. The summed E-state index contributed by atoms with van der Waals surface area (Å²) >= 11 is 0. The number of halogens is 3. The first-order valence-corrected chi connectivity index (χ1v) is 3.51. The molecule has 0 unspecified atom stereocenters. The molecule has 0 fully saturated rings. The van der Waals surface area contributed by atoms with Crippen LogP contribution in [0.4, 0.5) is 13.2 Å². The van der Waals surface area contributed by atoms with Gasteiger partial charge in [-0.05, 0) is 12.1 Å². The number of aromatic nitrogens is 1. The van der Waals surface area contributed by atoms with Crippen molar-refractivity contribution in [2.45, 2.75) is 6.18 Å². The Morgan fingerprint density at radius 3 is 2.50 bits per heavy atom. The molecule has 1 rings (SSSR count). The molecule has 3 nitrogen and oxygen atoms in total. The molecule has 14 heavy (non-hydrogen) atoms. The van der Waals surface area contributed by atoms with Gasteiger partial charge in [0, 0.05) is 0 Å². The Balaban J connectivity index is 3.31. The summed E-state index contributed by atoms with van der Waals surface area (Å²) in [7, 11) is 1.11. The first-order chi connectivity index (χ1) is 6.49. The summed E-state index contributed by atoms with van der Waals surface area (Å²) in [6.45, 7) is 0. The lowest BCUT2D eigenvalue weighted by molar-refractivity contribution is -0.142. The highest BCUT2D eigenvalue weighted by Crippen LogP contribution is 2.34. The van der Waals surface area contributed by atoms with Crippen LogP contribution < -0.4 is 4.74 Å². The first-order valence-electron chi connectivity index (χ1n) is 3.51. The van der Waals surface area contributed by atoms with E-state index >= 15 is 0 Å². The van der Waals surface area contributed by atoms with Gasteiger partial charge in [0.2, 0.25) is 0 Å². The molecule has 0 amide bonds. The second-order valence-electron chi connectivity index (χ2n) is 2.36. The highest BCUT2D eigenvalue weighted by molar-refractivity contribution is 5.35. The van der Waals surface area contributed by atoms with Crippen LogP contribution in [0.1, 0.15) is 11.4 Å². The van der Waals surface area contributed by atoms with E-state index in [9.17, 15) is 13.2 Å². The van der Waals surface area contributed by atoms with E-state index in [1.165, 1.54) is 6.07 Å². The summed E-state index contributed by atoms with van der Waals surface area (Å²) in [5.41, 5.74) is -1.47. The largest absolute Gasteiger partial charge is 0.494 e. The van der Waals surface area contributed by atoms with Crippen molar-refractivity contribution in [2.75, 3.05) is 7.11 Å². The molecule has 0 bridgehead atoms. The van der Waals surface area contributed by atoms with Crippen LogP contribution in [0, 0.1) is 11.3 Å². The molecule has 0 saturated heterocycles. The first kappa shape index (κ1) is 10.3. The van der Waals surface area contributed by atoms with E-state index < -0.39 is 17.6 Å². The summed E-state index contributed by atoms with van der Waals surface area (Å²) in [6.07, 6.45) is -4.61. The molecule has 1 heterocycles. The summed E-state index contributed by atoms with van der Waals surface area (Å²) in [5, 5.41) is 8.37. The second kappa shape index (κ2) is 3.54. The van der Waals surface area contributed by atoms with E-state index in [0.29, 0.717) is 0 Å². The molecule has 0 aliphatic heterocycles. The molecule has 0 aliphatic carbocycles.